The van der Waals surface area contributed by atoms with Crippen LogP contribution in [0.4, 0.5) is 10.1 Å². The van der Waals surface area contributed by atoms with Gasteiger partial charge in [-0.05, 0) is 25.3 Å². The number of rotatable bonds is 7. The molecule has 6 nitrogen and oxygen atoms in total. The molecule has 3 aromatic rings. The van der Waals surface area contributed by atoms with Crippen LogP contribution in [-0.4, -0.2) is 34.3 Å². The number of alkyl halides is 1. The van der Waals surface area contributed by atoms with Crippen LogP contribution in [0.5, 0.6) is 0 Å². The lowest BCUT2D eigenvalue weighted by molar-refractivity contribution is -0.122. The second-order valence-corrected chi connectivity index (χ2v) is 8.12. The molecule has 0 saturated carbocycles. The molecule has 3 rings (SSSR count). The standard InChI is InChI=1S/C16H18ClFN4S2.CH2O2/c1-9-12(6-10(19)2-3-18)24-16-11(7-13(17)22-15(9)16)21-8-14-20-4-5-23-14;2-1-3/h4-5,7,10H,2-3,6,8,19H2,1H3,(H,21,22);1H,(H,2,3)/t10-;/m0./s1. The Morgan fingerprint density at radius 2 is 2.26 bits per heavy atom. The Kier molecular flexibility index (Phi) is 8.36. The molecule has 0 aromatic carbocycles. The number of hydrogen-bond acceptors (Lipinski definition) is 7. The van der Waals surface area contributed by atoms with Crippen LogP contribution in [0, 0.1) is 6.92 Å². The molecule has 0 unspecified atom stereocenters. The van der Waals surface area contributed by atoms with Crippen molar-refractivity contribution in [2.75, 3.05) is 12.0 Å². The molecule has 0 fully saturated rings. The smallest absolute Gasteiger partial charge is 0.290 e. The van der Waals surface area contributed by atoms with Gasteiger partial charge in [0.05, 0.1) is 29.1 Å². The first-order chi connectivity index (χ1) is 13.0. The van der Waals surface area contributed by atoms with Gasteiger partial charge >= 0.3 is 0 Å². The molecule has 0 spiro atoms. The highest BCUT2D eigenvalue weighted by Crippen LogP contribution is 2.37. The first-order valence-corrected chi connectivity index (χ1v) is 10.2. The van der Waals surface area contributed by atoms with E-state index in [1.54, 1.807) is 28.9 Å². The summed E-state index contributed by atoms with van der Waals surface area (Å²) in [5.41, 5.74) is 8.90. The Labute approximate surface area is 169 Å². The van der Waals surface area contributed by atoms with Crippen LogP contribution in [0.1, 0.15) is 21.9 Å². The van der Waals surface area contributed by atoms with E-state index in [9.17, 15) is 4.39 Å². The van der Waals surface area contributed by atoms with E-state index in [1.165, 1.54) is 0 Å². The van der Waals surface area contributed by atoms with E-state index in [-0.39, 0.29) is 12.5 Å². The Balaban J connectivity index is 0.000000817. The summed E-state index contributed by atoms with van der Waals surface area (Å²) >= 11 is 9.44. The largest absolute Gasteiger partial charge is 0.483 e. The van der Waals surface area contributed by atoms with Crippen LogP contribution in [0.3, 0.4) is 0 Å². The number of anilines is 1. The van der Waals surface area contributed by atoms with Crippen molar-refractivity contribution in [3.05, 3.63) is 38.2 Å². The van der Waals surface area contributed by atoms with Crippen molar-refractivity contribution in [1.29, 1.82) is 0 Å². The topological polar surface area (TPSA) is 101 Å². The molecule has 0 saturated heterocycles. The van der Waals surface area contributed by atoms with Crippen molar-refractivity contribution in [1.82, 2.24) is 9.97 Å². The van der Waals surface area contributed by atoms with E-state index in [2.05, 4.69) is 15.3 Å². The number of fused-ring (bicyclic) bond motifs is 1. The van der Waals surface area contributed by atoms with E-state index in [1.807, 2.05) is 18.4 Å². The first-order valence-electron chi connectivity index (χ1n) is 8.10. The third-order valence-corrected chi connectivity index (χ3v) is 6.09. The average molecular weight is 431 g/mol. The molecule has 27 heavy (non-hydrogen) atoms. The Morgan fingerprint density at radius 1 is 1.52 bits per heavy atom. The summed E-state index contributed by atoms with van der Waals surface area (Å²) in [6.45, 7) is 2.01. The zero-order valence-electron chi connectivity index (χ0n) is 14.6. The van der Waals surface area contributed by atoms with Gasteiger partial charge in [-0.15, -0.1) is 22.7 Å². The first kappa shape index (κ1) is 21.5. The fourth-order valence-corrected chi connectivity index (χ4v) is 4.59. The highest BCUT2D eigenvalue weighted by Gasteiger charge is 2.16. The fraction of sp³-hybridized carbons (Fsp3) is 0.353. The lowest BCUT2D eigenvalue weighted by Gasteiger charge is -2.07. The number of hydrogen-bond donors (Lipinski definition) is 3. The number of carboxylic acid groups (broad SMARTS) is 1. The number of thiophene rings is 1. The van der Waals surface area contributed by atoms with E-state index in [0.29, 0.717) is 24.5 Å². The highest BCUT2D eigenvalue weighted by atomic mass is 35.5. The minimum atomic E-state index is -0.393. The number of pyridine rings is 1. The number of thiazole rings is 1. The number of nitrogens with two attached hydrogens (primary N) is 1. The third-order valence-electron chi connectivity index (χ3n) is 3.78. The molecular weight excluding hydrogens is 411 g/mol. The Bertz CT molecular complexity index is 874. The predicted octanol–water partition coefficient (Wildman–Crippen LogP) is 4.26. The van der Waals surface area contributed by atoms with Crippen LogP contribution >= 0.6 is 34.3 Å². The van der Waals surface area contributed by atoms with Crippen LogP contribution in [0.25, 0.3) is 10.2 Å². The summed E-state index contributed by atoms with van der Waals surface area (Å²) < 4.78 is 13.5. The van der Waals surface area contributed by atoms with E-state index in [0.717, 1.165) is 31.4 Å². The summed E-state index contributed by atoms with van der Waals surface area (Å²) in [5.74, 6) is 0. The molecular formula is C17H20ClFN4O2S2. The molecule has 3 heterocycles. The van der Waals surface area contributed by atoms with Gasteiger partial charge in [-0.25, -0.2) is 9.97 Å². The molecule has 3 aromatic heterocycles. The maximum Gasteiger partial charge on any atom is 0.290 e. The summed E-state index contributed by atoms with van der Waals surface area (Å²) in [4.78, 5) is 18.2. The summed E-state index contributed by atoms with van der Waals surface area (Å²) in [6, 6.07) is 1.66. The number of aryl methyl sites for hydroxylation is 1. The van der Waals surface area contributed by atoms with Gasteiger partial charge in [-0.1, -0.05) is 11.6 Å². The van der Waals surface area contributed by atoms with E-state index >= 15 is 0 Å². The lowest BCUT2D eigenvalue weighted by Crippen LogP contribution is -2.23. The molecule has 0 radical (unpaired) electrons. The minimum absolute atomic E-state index is 0.177. The minimum Gasteiger partial charge on any atom is -0.483 e. The van der Waals surface area contributed by atoms with Crippen molar-refractivity contribution in [2.45, 2.75) is 32.4 Å². The van der Waals surface area contributed by atoms with Gasteiger partial charge in [-0.2, -0.15) is 0 Å². The number of aromatic nitrogens is 2. The molecule has 0 aliphatic carbocycles. The fourth-order valence-electron chi connectivity index (χ4n) is 2.51. The van der Waals surface area contributed by atoms with Crippen molar-refractivity contribution >= 4 is 56.7 Å². The molecule has 0 amide bonds. The van der Waals surface area contributed by atoms with Gasteiger partial charge in [0.1, 0.15) is 10.2 Å². The molecule has 10 heteroatoms. The SMILES string of the molecule is Cc1c(C[C@@H](N)CCF)sc2c(NCc3nccs3)cc(Cl)nc12.O=CO. The van der Waals surface area contributed by atoms with Gasteiger partial charge in [0.2, 0.25) is 0 Å². The summed E-state index contributed by atoms with van der Waals surface area (Å²) in [5, 5.41) is 13.7. The van der Waals surface area contributed by atoms with Gasteiger partial charge in [-0.3, -0.25) is 9.18 Å². The molecule has 4 N–H and O–H groups in total. The predicted molar refractivity (Wildman–Crippen MR) is 110 cm³/mol. The van der Waals surface area contributed by atoms with Crippen LogP contribution in [-0.2, 0) is 17.8 Å². The molecule has 0 aliphatic rings. The molecule has 0 bridgehead atoms. The van der Waals surface area contributed by atoms with Crippen molar-refractivity contribution < 1.29 is 14.3 Å². The zero-order valence-corrected chi connectivity index (χ0v) is 17.0. The van der Waals surface area contributed by atoms with Crippen LogP contribution in [0.2, 0.25) is 5.15 Å². The summed E-state index contributed by atoms with van der Waals surface area (Å²) in [7, 11) is 0. The maximum absolute atomic E-state index is 12.5. The van der Waals surface area contributed by atoms with E-state index in [4.69, 9.17) is 27.2 Å². The second kappa shape index (κ2) is 10.5. The molecule has 146 valence electrons. The second-order valence-electron chi connectivity index (χ2n) is 5.65. The Morgan fingerprint density at radius 3 is 2.89 bits per heavy atom. The Hall–Kier alpha value is -1.81. The maximum atomic E-state index is 12.5. The average Bonchev–Trinajstić information content (AvgIpc) is 3.24. The van der Waals surface area contributed by atoms with Crippen molar-refractivity contribution in [3.63, 3.8) is 0 Å². The van der Waals surface area contributed by atoms with E-state index < -0.39 is 6.67 Å². The number of nitrogens with one attached hydrogen (secondary N) is 1. The van der Waals surface area contributed by atoms with Gasteiger partial charge < -0.3 is 16.2 Å². The molecule has 1 atom stereocenters. The summed E-state index contributed by atoms with van der Waals surface area (Å²) in [6.07, 6.45) is 2.81. The molecule has 0 aliphatic heterocycles. The monoisotopic (exact) mass is 430 g/mol. The van der Waals surface area contributed by atoms with Gasteiger partial charge in [0.25, 0.3) is 6.47 Å². The quantitative estimate of drug-likeness (QED) is 0.382. The highest BCUT2D eigenvalue weighted by molar-refractivity contribution is 7.19. The van der Waals surface area contributed by atoms with Crippen molar-refractivity contribution in [3.8, 4) is 0 Å². The number of carbonyl (C=O) groups is 1. The lowest BCUT2D eigenvalue weighted by atomic mass is 10.1. The third kappa shape index (κ3) is 5.83. The van der Waals surface area contributed by atoms with Gasteiger partial charge in [0.15, 0.2) is 0 Å². The van der Waals surface area contributed by atoms with Crippen molar-refractivity contribution in [2.24, 2.45) is 5.73 Å². The van der Waals surface area contributed by atoms with Gasteiger partial charge in [0, 0.05) is 28.6 Å². The normalized spacial score (nSPS) is 11.7. The van der Waals surface area contributed by atoms with Crippen LogP contribution < -0.4 is 11.1 Å². The van der Waals surface area contributed by atoms with Crippen LogP contribution in [0.15, 0.2) is 17.6 Å². The number of nitrogens with zero attached hydrogens (tertiary/aromatic N) is 2. The zero-order chi connectivity index (χ0) is 19.8. The number of halogens is 2.